The van der Waals surface area contributed by atoms with Crippen molar-refractivity contribution in [3.05, 3.63) is 28.8 Å². The monoisotopic (exact) mass is 247 g/mol. The van der Waals surface area contributed by atoms with E-state index >= 15 is 0 Å². The SMILES string of the molecule is CCc1cc(CN2CCCCC2)cc(CC)c1O. The molecule has 0 saturated carbocycles. The zero-order valence-electron chi connectivity index (χ0n) is 11.7. The summed E-state index contributed by atoms with van der Waals surface area (Å²) in [5, 5.41) is 10.1. The third kappa shape index (κ3) is 3.05. The summed E-state index contributed by atoms with van der Waals surface area (Å²) in [6.07, 6.45) is 5.87. The number of aromatic hydroxyl groups is 1. The van der Waals surface area contributed by atoms with E-state index in [0.717, 1.165) is 30.5 Å². The average Bonchev–Trinajstić information content (AvgIpc) is 2.41. The molecule has 2 heteroatoms. The molecule has 0 spiro atoms. The lowest BCUT2D eigenvalue weighted by Gasteiger charge is -2.27. The first-order chi connectivity index (χ1) is 8.74. The van der Waals surface area contributed by atoms with Crippen LogP contribution in [0.5, 0.6) is 5.75 Å². The lowest BCUT2D eigenvalue weighted by atomic mass is 10.00. The minimum atomic E-state index is 0.516. The molecule has 1 heterocycles. The van der Waals surface area contributed by atoms with Gasteiger partial charge in [0, 0.05) is 6.54 Å². The van der Waals surface area contributed by atoms with Crippen molar-refractivity contribution in [3.8, 4) is 5.75 Å². The van der Waals surface area contributed by atoms with Crippen LogP contribution in [0, 0.1) is 0 Å². The smallest absolute Gasteiger partial charge is 0.121 e. The van der Waals surface area contributed by atoms with Crippen LogP contribution in [0.3, 0.4) is 0 Å². The first kappa shape index (κ1) is 13.4. The predicted molar refractivity (Wildman–Crippen MR) is 76.0 cm³/mol. The Morgan fingerprint density at radius 1 is 1.00 bits per heavy atom. The van der Waals surface area contributed by atoms with Crippen molar-refractivity contribution in [3.63, 3.8) is 0 Å². The van der Waals surface area contributed by atoms with Crippen LogP contribution in [0.1, 0.15) is 49.8 Å². The molecule has 1 saturated heterocycles. The number of hydrogen-bond acceptors (Lipinski definition) is 2. The van der Waals surface area contributed by atoms with Gasteiger partial charge >= 0.3 is 0 Å². The number of benzene rings is 1. The van der Waals surface area contributed by atoms with E-state index < -0.39 is 0 Å². The third-order valence-corrected chi connectivity index (χ3v) is 3.94. The standard InChI is InChI=1S/C16H25NO/c1-3-14-10-13(11-15(4-2)16(14)18)12-17-8-6-5-7-9-17/h10-11,18H,3-9,12H2,1-2H3. The van der Waals surface area contributed by atoms with Crippen LogP contribution in [0.25, 0.3) is 0 Å². The summed E-state index contributed by atoms with van der Waals surface area (Å²) in [5.74, 6) is 0.516. The number of phenols is 1. The molecule has 100 valence electrons. The maximum absolute atomic E-state index is 10.1. The fourth-order valence-corrected chi connectivity index (χ4v) is 2.84. The average molecular weight is 247 g/mol. The van der Waals surface area contributed by atoms with Gasteiger partial charge in [-0.2, -0.15) is 0 Å². The van der Waals surface area contributed by atoms with Crippen molar-refractivity contribution in [1.29, 1.82) is 0 Å². The van der Waals surface area contributed by atoms with E-state index in [0.29, 0.717) is 5.75 Å². The van der Waals surface area contributed by atoms with Gasteiger partial charge in [0.1, 0.15) is 5.75 Å². The Bertz CT molecular complexity index is 369. The van der Waals surface area contributed by atoms with Crippen LogP contribution in [0.4, 0.5) is 0 Å². The maximum atomic E-state index is 10.1. The molecule has 0 aliphatic carbocycles. The summed E-state index contributed by atoms with van der Waals surface area (Å²) in [7, 11) is 0. The van der Waals surface area contributed by atoms with Crippen molar-refractivity contribution >= 4 is 0 Å². The molecule has 0 unspecified atom stereocenters. The zero-order valence-corrected chi connectivity index (χ0v) is 11.7. The second kappa shape index (κ2) is 6.24. The van der Waals surface area contributed by atoms with E-state index in [9.17, 15) is 5.11 Å². The Labute approximate surface area is 111 Å². The van der Waals surface area contributed by atoms with Crippen LogP contribution in [-0.4, -0.2) is 23.1 Å². The molecule has 1 fully saturated rings. The Morgan fingerprint density at radius 3 is 2.06 bits per heavy atom. The molecule has 1 aromatic carbocycles. The maximum Gasteiger partial charge on any atom is 0.121 e. The van der Waals surface area contributed by atoms with Gasteiger partial charge < -0.3 is 5.11 Å². The zero-order chi connectivity index (χ0) is 13.0. The number of likely N-dealkylation sites (tertiary alicyclic amines) is 1. The molecule has 0 radical (unpaired) electrons. The predicted octanol–water partition coefficient (Wildman–Crippen LogP) is 3.50. The summed E-state index contributed by atoms with van der Waals surface area (Å²) in [6, 6.07) is 4.37. The highest BCUT2D eigenvalue weighted by Crippen LogP contribution is 2.26. The van der Waals surface area contributed by atoms with Crippen molar-refractivity contribution in [2.75, 3.05) is 13.1 Å². The lowest BCUT2D eigenvalue weighted by Crippen LogP contribution is -2.29. The molecule has 2 rings (SSSR count). The second-order valence-electron chi connectivity index (χ2n) is 5.31. The molecule has 0 atom stereocenters. The molecule has 0 amide bonds. The van der Waals surface area contributed by atoms with Crippen LogP contribution in [0.2, 0.25) is 0 Å². The molecular formula is C16H25NO. The largest absolute Gasteiger partial charge is 0.507 e. The number of hydrogen-bond donors (Lipinski definition) is 1. The van der Waals surface area contributed by atoms with Crippen molar-refractivity contribution < 1.29 is 5.11 Å². The van der Waals surface area contributed by atoms with E-state index in [1.807, 2.05) is 0 Å². The molecule has 0 aromatic heterocycles. The topological polar surface area (TPSA) is 23.5 Å². The minimum Gasteiger partial charge on any atom is -0.507 e. The van der Waals surface area contributed by atoms with Gasteiger partial charge in [0.05, 0.1) is 0 Å². The molecule has 0 bridgehead atoms. The van der Waals surface area contributed by atoms with Crippen LogP contribution in [0.15, 0.2) is 12.1 Å². The Balaban J connectivity index is 2.16. The van der Waals surface area contributed by atoms with Crippen LogP contribution < -0.4 is 0 Å². The van der Waals surface area contributed by atoms with Gasteiger partial charge in [-0.3, -0.25) is 4.90 Å². The summed E-state index contributed by atoms with van der Waals surface area (Å²) in [4.78, 5) is 2.54. The van der Waals surface area contributed by atoms with Crippen LogP contribution >= 0.6 is 0 Å². The second-order valence-corrected chi connectivity index (χ2v) is 5.31. The summed E-state index contributed by atoms with van der Waals surface area (Å²) >= 11 is 0. The Kier molecular flexibility index (Phi) is 4.65. The highest BCUT2D eigenvalue weighted by molar-refractivity contribution is 5.43. The minimum absolute atomic E-state index is 0.516. The van der Waals surface area contributed by atoms with E-state index in [1.165, 1.54) is 37.9 Å². The van der Waals surface area contributed by atoms with Crippen molar-refractivity contribution in [1.82, 2.24) is 4.90 Å². The van der Waals surface area contributed by atoms with E-state index in [2.05, 4.69) is 30.9 Å². The lowest BCUT2D eigenvalue weighted by molar-refractivity contribution is 0.220. The van der Waals surface area contributed by atoms with E-state index in [1.54, 1.807) is 0 Å². The van der Waals surface area contributed by atoms with Gasteiger partial charge in [0.15, 0.2) is 0 Å². The van der Waals surface area contributed by atoms with Gasteiger partial charge in [-0.05, 0) is 55.5 Å². The van der Waals surface area contributed by atoms with E-state index in [4.69, 9.17) is 0 Å². The van der Waals surface area contributed by atoms with Gasteiger partial charge in [-0.25, -0.2) is 0 Å². The quantitative estimate of drug-likeness (QED) is 0.880. The van der Waals surface area contributed by atoms with Gasteiger partial charge in [-0.15, -0.1) is 0 Å². The first-order valence-corrected chi connectivity index (χ1v) is 7.30. The van der Waals surface area contributed by atoms with E-state index in [-0.39, 0.29) is 0 Å². The van der Waals surface area contributed by atoms with Crippen molar-refractivity contribution in [2.24, 2.45) is 0 Å². The molecule has 1 aliphatic rings. The van der Waals surface area contributed by atoms with Crippen LogP contribution in [-0.2, 0) is 19.4 Å². The highest BCUT2D eigenvalue weighted by atomic mass is 16.3. The number of piperidine rings is 1. The third-order valence-electron chi connectivity index (χ3n) is 3.94. The Hall–Kier alpha value is -1.02. The molecule has 18 heavy (non-hydrogen) atoms. The van der Waals surface area contributed by atoms with Crippen molar-refractivity contribution in [2.45, 2.75) is 52.5 Å². The normalized spacial score (nSPS) is 17.0. The molecular weight excluding hydrogens is 222 g/mol. The fraction of sp³-hybridized carbons (Fsp3) is 0.625. The summed E-state index contributed by atoms with van der Waals surface area (Å²) in [5.41, 5.74) is 3.56. The number of nitrogens with zero attached hydrogens (tertiary/aromatic N) is 1. The molecule has 1 aliphatic heterocycles. The highest BCUT2D eigenvalue weighted by Gasteiger charge is 2.13. The van der Waals surface area contributed by atoms with Gasteiger partial charge in [0.25, 0.3) is 0 Å². The Morgan fingerprint density at radius 2 is 1.56 bits per heavy atom. The number of rotatable bonds is 4. The number of aryl methyl sites for hydroxylation is 2. The van der Waals surface area contributed by atoms with Gasteiger partial charge in [-0.1, -0.05) is 32.4 Å². The summed E-state index contributed by atoms with van der Waals surface area (Å²) in [6.45, 7) is 7.71. The first-order valence-electron chi connectivity index (χ1n) is 7.30. The molecule has 2 nitrogen and oxygen atoms in total. The van der Waals surface area contributed by atoms with Gasteiger partial charge in [0.2, 0.25) is 0 Å². The molecule has 1 N–H and O–H groups in total. The number of phenolic OH excluding ortho intramolecular Hbond substituents is 1. The summed E-state index contributed by atoms with van der Waals surface area (Å²) < 4.78 is 0. The molecule has 1 aromatic rings. The fourth-order valence-electron chi connectivity index (χ4n) is 2.84.